The summed E-state index contributed by atoms with van der Waals surface area (Å²) in [6.07, 6.45) is 2.88. The van der Waals surface area contributed by atoms with Crippen molar-refractivity contribution in [2.45, 2.75) is 13.1 Å². The summed E-state index contributed by atoms with van der Waals surface area (Å²) in [7, 11) is 0. The number of hydrogen-bond donors (Lipinski definition) is 2. The molecule has 0 saturated heterocycles. The van der Waals surface area contributed by atoms with Crippen LogP contribution in [0.25, 0.3) is 0 Å². The smallest absolute Gasteiger partial charge is 0.242 e. The monoisotopic (exact) mass is 270 g/mol. The van der Waals surface area contributed by atoms with Crippen molar-refractivity contribution in [1.82, 2.24) is 20.1 Å². The minimum absolute atomic E-state index is 0.125. The maximum atomic E-state index is 11.6. The Hall–Kier alpha value is -2.65. The van der Waals surface area contributed by atoms with Crippen molar-refractivity contribution in [3.05, 3.63) is 48.0 Å². The van der Waals surface area contributed by atoms with Crippen molar-refractivity contribution in [1.29, 1.82) is 0 Å². The molecule has 2 N–H and O–H groups in total. The molecule has 0 aliphatic heterocycles. The molecule has 6 nitrogen and oxygen atoms in total. The van der Waals surface area contributed by atoms with Gasteiger partial charge in [-0.25, -0.2) is 9.67 Å². The predicted molar refractivity (Wildman–Crippen MR) is 72.3 cm³/mol. The maximum absolute atomic E-state index is 11.6. The van der Waals surface area contributed by atoms with E-state index in [1.165, 1.54) is 17.3 Å². The molecule has 0 fully saturated rings. The van der Waals surface area contributed by atoms with Crippen LogP contribution in [0.1, 0.15) is 11.1 Å². The summed E-state index contributed by atoms with van der Waals surface area (Å²) in [5.74, 6) is 5.26. The molecule has 0 radical (unpaired) electrons. The lowest BCUT2D eigenvalue weighted by atomic mass is 10.1. The Morgan fingerprint density at radius 2 is 2.15 bits per heavy atom. The number of aliphatic hydroxyl groups is 1. The third-order valence-electron chi connectivity index (χ3n) is 2.53. The molecule has 0 unspecified atom stereocenters. The van der Waals surface area contributed by atoms with Gasteiger partial charge in [0.15, 0.2) is 0 Å². The highest BCUT2D eigenvalue weighted by Crippen LogP contribution is 2.03. The molecule has 2 aromatic rings. The van der Waals surface area contributed by atoms with Gasteiger partial charge in [0, 0.05) is 12.1 Å². The Bertz CT molecular complexity index is 609. The lowest BCUT2D eigenvalue weighted by molar-refractivity contribution is -0.122. The Morgan fingerprint density at radius 1 is 1.35 bits per heavy atom. The molecule has 102 valence electrons. The Morgan fingerprint density at radius 3 is 2.80 bits per heavy atom. The van der Waals surface area contributed by atoms with E-state index in [1.807, 2.05) is 24.3 Å². The quantitative estimate of drug-likeness (QED) is 0.763. The van der Waals surface area contributed by atoms with Crippen LogP contribution in [0.5, 0.6) is 0 Å². The van der Waals surface area contributed by atoms with Crippen LogP contribution in [0, 0.1) is 11.8 Å². The van der Waals surface area contributed by atoms with Crippen molar-refractivity contribution in [2.24, 2.45) is 0 Å². The molecule has 20 heavy (non-hydrogen) atoms. The molecule has 0 saturated carbocycles. The van der Waals surface area contributed by atoms with E-state index in [9.17, 15) is 4.79 Å². The van der Waals surface area contributed by atoms with E-state index in [1.54, 1.807) is 0 Å². The number of rotatable bonds is 4. The lowest BCUT2D eigenvalue weighted by Crippen LogP contribution is -2.27. The van der Waals surface area contributed by atoms with Crippen LogP contribution in [0.4, 0.5) is 0 Å². The van der Waals surface area contributed by atoms with E-state index in [2.05, 4.69) is 27.2 Å². The van der Waals surface area contributed by atoms with E-state index in [-0.39, 0.29) is 19.1 Å². The first kappa shape index (κ1) is 13.8. The molecule has 0 atom stereocenters. The van der Waals surface area contributed by atoms with E-state index in [4.69, 9.17) is 5.11 Å². The SMILES string of the molecule is O=C(Cn1cncn1)NCc1ccc(C#CCO)cc1. The first-order valence-electron chi connectivity index (χ1n) is 6.05. The second-order valence-corrected chi connectivity index (χ2v) is 4.03. The first-order valence-corrected chi connectivity index (χ1v) is 6.05. The average molecular weight is 270 g/mol. The summed E-state index contributed by atoms with van der Waals surface area (Å²) in [5.41, 5.74) is 1.81. The highest BCUT2D eigenvalue weighted by molar-refractivity contribution is 5.75. The molecule has 2 rings (SSSR count). The highest BCUT2D eigenvalue weighted by atomic mass is 16.2. The molecule has 1 heterocycles. The van der Waals surface area contributed by atoms with Gasteiger partial charge in [-0.15, -0.1) is 0 Å². The minimum Gasteiger partial charge on any atom is -0.384 e. The molecule has 0 bridgehead atoms. The molecule has 0 aliphatic rings. The fourth-order valence-corrected chi connectivity index (χ4v) is 1.57. The van der Waals surface area contributed by atoms with Crippen LogP contribution in [-0.4, -0.2) is 32.4 Å². The third-order valence-corrected chi connectivity index (χ3v) is 2.53. The van der Waals surface area contributed by atoms with Gasteiger partial charge in [-0.3, -0.25) is 4.79 Å². The molecule has 0 spiro atoms. The average Bonchev–Trinajstić information content (AvgIpc) is 2.97. The summed E-state index contributed by atoms with van der Waals surface area (Å²) < 4.78 is 1.46. The van der Waals surface area contributed by atoms with Crippen LogP contribution in [0.2, 0.25) is 0 Å². The fourth-order valence-electron chi connectivity index (χ4n) is 1.57. The predicted octanol–water partition coefficient (Wildman–Crippen LogP) is -0.0617. The van der Waals surface area contributed by atoms with E-state index < -0.39 is 0 Å². The van der Waals surface area contributed by atoms with Crippen LogP contribution in [0.15, 0.2) is 36.9 Å². The first-order chi connectivity index (χ1) is 9.78. The molecule has 1 aromatic carbocycles. The minimum atomic E-state index is -0.153. The molecule has 1 amide bonds. The maximum Gasteiger partial charge on any atom is 0.242 e. The number of aliphatic hydroxyl groups excluding tert-OH is 1. The van der Waals surface area contributed by atoms with Crippen molar-refractivity contribution >= 4 is 5.91 Å². The zero-order valence-electron chi connectivity index (χ0n) is 10.8. The Labute approximate surface area is 116 Å². The Kier molecular flexibility index (Phi) is 4.87. The van der Waals surface area contributed by atoms with Gasteiger partial charge in [-0.05, 0) is 17.7 Å². The zero-order chi connectivity index (χ0) is 14.2. The highest BCUT2D eigenvalue weighted by Gasteiger charge is 2.02. The van der Waals surface area contributed by atoms with Gasteiger partial charge in [0.1, 0.15) is 25.8 Å². The van der Waals surface area contributed by atoms with Gasteiger partial charge in [-0.1, -0.05) is 24.0 Å². The normalized spacial score (nSPS) is 9.65. The summed E-state index contributed by atoms with van der Waals surface area (Å²) >= 11 is 0. The van der Waals surface area contributed by atoms with Crippen LogP contribution in [0.3, 0.4) is 0 Å². The topological polar surface area (TPSA) is 80.0 Å². The van der Waals surface area contributed by atoms with Crippen molar-refractivity contribution in [3.8, 4) is 11.8 Å². The van der Waals surface area contributed by atoms with Crippen molar-refractivity contribution < 1.29 is 9.90 Å². The molecular formula is C14H14N4O2. The van der Waals surface area contributed by atoms with E-state index in [0.29, 0.717) is 6.54 Å². The number of aromatic nitrogens is 3. The zero-order valence-corrected chi connectivity index (χ0v) is 10.8. The lowest BCUT2D eigenvalue weighted by Gasteiger charge is -2.05. The summed E-state index contributed by atoms with van der Waals surface area (Å²) in [6, 6.07) is 7.47. The fraction of sp³-hybridized carbons (Fsp3) is 0.214. The summed E-state index contributed by atoms with van der Waals surface area (Å²) in [6.45, 7) is 0.446. The van der Waals surface area contributed by atoms with Crippen molar-refractivity contribution in [2.75, 3.05) is 6.61 Å². The second kappa shape index (κ2) is 7.07. The van der Waals surface area contributed by atoms with E-state index >= 15 is 0 Å². The van der Waals surface area contributed by atoms with E-state index in [0.717, 1.165) is 11.1 Å². The summed E-state index contributed by atoms with van der Waals surface area (Å²) in [5, 5.41) is 15.3. The number of hydrogen-bond acceptors (Lipinski definition) is 4. The van der Waals surface area contributed by atoms with Crippen molar-refractivity contribution in [3.63, 3.8) is 0 Å². The van der Waals surface area contributed by atoms with Crippen LogP contribution >= 0.6 is 0 Å². The van der Waals surface area contributed by atoms with Crippen LogP contribution < -0.4 is 5.32 Å². The molecule has 6 heteroatoms. The van der Waals surface area contributed by atoms with Gasteiger partial charge in [0.05, 0.1) is 0 Å². The number of benzene rings is 1. The second-order valence-electron chi connectivity index (χ2n) is 4.03. The summed E-state index contributed by atoms with van der Waals surface area (Å²) in [4.78, 5) is 15.4. The number of nitrogens with one attached hydrogen (secondary N) is 1. The standard InChI is InChI=1S/C14H14N4O2/c19-7-1-2-12-3-5-13(6-4-12)8-16-14(20)9-18-11-15-10-17-18/h3-6,10-11,19H,7-9H2,(H,16,20). The van der Waals surface area contributed by atoms with Gasteiger partial charge in [0.2, 0.25) is 5.91 Å². The number of nitrogens with zero attached hydrogens (tertiary/aromatic N) is 3. The Balaban J connectivity index is 1.83. The largest absolute Gasteiger partial charge is 0.384 e. The third kappa shape index (κ3) is 4.23. The molecule has 0 aliphatic carbocycles. The number of carbonyl (C=O) groups excluding carboxylic acids is 1. The number of carbonyl (C=O) groups is 1. The number of amides is 1. The van der Waals surface area contributed by atoms with Gasteiger partial charge >= 0.3 is 0 Å². The molecule has 1 aromatic heterocycles. The molecular weight excluding hydrogens is 256 g/mol. The van der Waals surface area contributed by atoms with Gasteiger partial charge < -0.3 is 10.4 Å². The van der Waals surface area contributed by atoms with Gasteiger partial charge in [0.25, 0.3) is 0 Å². The van der Waals surface area contributed by atoms with Crippen LogP contribution in [-0.2, 0) is 17.9 Å². The van der Waals surface area contributed by atoms with Gasteiger partial charge in [-0.2, -0.15) is 5.10 Å².